The van der Waals surface area contributed by atoms with Gasteiger partial charge in [0.25, 0.3) is 0 Å². The average molecular weight is 225 g/mol. The molecule has 1 aliphatic rings. The molecule has 0 aliphatic heterocycles. The second kappa shape index (κ2) is 5.37. The molecule has 0 saturated heterocycles. The molecule has 1 heterocycles. The zero-order valence-corrected chi connectivity index (χ0v) is 10.0. The molecule has 3 heteroatoms. The third kappa shape index (κ3) is 2.57. The van der Waals surface area contributed by atoms with E-state index in [1.54, 1.807) is 6.92 Å². The number of aryl methyl sites for hydroxylation is 2. The molecule has 86 valence electrons. The Hall–Kier alpha value is -2.00. The van der Waals surface area contributed by atoms with E-state index in [1.165, 1.54) is 18.4 Å². The largest absolute Gasteiger partial charge is 0.358 e. The van der Waals surface area contributed by atoms with Crippen LogP contribution in [0, 0.1) is 23.2 Å². The number of nitriles is 1. The molecule has 1 N–H and O–H groups in total. The minimum Gasteiger partial charge on any atom is -0.358 e. The van der Waals surface area contributed by atoms with Gasteiger partial charge in [-0.25, -0.2) is 4.98 Å². The van der Waals surface area contributed by atoms with Gasteiger partial charge in [0.2, 0.25) is 0 Å². The average Bonchev–Trinajstić information content (AvgIpc) is 2.38. The summed E-state index contributed by atoms with van der Waals surface area (Å²) in [6, 6.07) is 4.17. The zero-order chi connectivity index (χ0) is 12.1. The minimum absolute atomic E-state index is 0.539. The van der Waals surface area contributed by atoms with E-state index >= 15 is 0 Å². The Bertz CT molecular complexity index is 515. The molecule has 1 aromatic heterocycles. The van der Waals surface area contributed by atoms with Crippen LogP contribution in [0.2, 0.25) is 0 Å². The van der Waals surface area contributed by atoms with Gasteiger partial charge in [-0.15, -0.1) is 5.92 Å². The highest BCUT2D eigenvalue weighted by Crippen LogP contribution is 2.24. The second-order valence-electron chi connectivity index (χ2n) is 4.09. The second-order valence-corrected chi connectivity index (χ2v) is 4.09. The first-order chi connectivity index (χ1) is 8.35. The Labute approximate surface area is 102 Å². The highest BCUT2D eigenvalue weighted by molar-refractivity contribution is 5.55. The van der Waals surface area contributed by atoms with Crippen LogP contribution in [-0.2, 0) is 12.8 Å². The zero-order valence-electron chi connectivity index (χ0n) is 10.0. The molecule has 1 aliphatic carbocycles. The summed E-state index contributed by atoms with van der Waals surface area (Å²) in [5.41, 5.74) is 3.01. The van der Waals surface area contributed by atoms with Crippen molar-refractivity contribution in [3.05, 3.63) is 22.9 Å². The lowest BCUT2D eigenvalue weighted by Gasteiger charge is -2.16. The summed E-state index contributed by atoms with van der Waals surface area (Å²) in [4.78, 5) is 4.55. The number of hydrogen-bond donors (Lipinski definition) is 1. The van der Waals surface area contributed by atoms with Crippen molar-refractivity contribution in [1.29, 1.82) is 5.26 Å². The van der Waals surface area contributed by atoms with Crippen molar-refractivity contribution >= 4 is 5.82 Å². The minimum atomic E-state index is 0.539. The van der Waals surface area contributed by atoms with E-state index in [0.717, 1.165) is 18.5 Å². The van der Waals surface area contributed by atoms with Gasteiger partial charge in [-0.05, 0) is 44.2 Å². The smallest absolute Gasteiger partial charge is 0.144 e. The molecule has 0 atom stereocenters. The molecule has 3 nitrogen and oxygen atoms in total. The van der Waals surface area contributed by atoms with Crippen molar-refractivity contribution in [2.24, 2.45) is 0 Å². The van der Waals surface area contributed by atoms with E-state index in [2.05, 4.69) is 28.2 Å². The van der Waals surface area contributed by atoms with Crippen molar-refractivity contribution < 1.29 is 0 Å². The van der Waals surface area contributed by atoms with Crippen LogP contribution in [-0.4, -0.2) is 11.5 Å². The fraction of sp³-hybridized carbons (Fsp3) is 0.429. The van der Waals surface area contributed by atoms with Crippen LogP contribution in [0.15, 0.2) is 6.07 Å². The Kier molecular flexibility index (Phi) is 3.62. The van der Waals surface area contributed by atoms with E-state index in [1.807, 2.05) is 6.07 Å². The van der Waals surface area contributed by atoms with Crippen molar-refractivity contribution in [2.75, 3.05) is 11.9 Å². The van der Waals surface area contributed by atoms with E-state index in [9.17, 15) is 0 Å². The highest BCUT2D eigenvalue weighted by atomic mass is 15.0. The van der Waals surface area contributed by atoms with E-state index in [4.69, 9.17) is 5.26 Å². The molecule has 0 bridgehead atoms. The number of hydrogen-bond acceptors (Lipinski definition) is 3. The van der Waals surface area contributed by atoms with E-state index in [-0.39, 0.29) is 0 Å². The van der Waals surface area contributed by atoms with Gasteiger partial charge in [-0.2, -0.15) is 5.26 Å². The molecule has 0 aromatic carbocycles. The van der Waals surface area contributed by atoms with Gasteiger partial charge in [0, 0.05) is 5.69 Å². The Morgan fingerprint density at radius 1 is 1.41 bits per heavy atom. The van der Waals surface area contributed by atoms with Gasteiger partial charge in [-0.3, -0.25) is 0 Å². The van der Waals surface area contributed by atoms with Crippen LogP contribution in [0.1, 0.15) is 36.6 Å². The maximum absolute atomic E-state index is 9.11. The van der Waals surface area contributed by atoms with Crippen LogP contribution in [0.25, 0.3) is 0 Å². The summed E-state index contributed by atoms with van der Waals surface area (Å²) in [6.07, 6.45) is 4.47. The van der Waals surface area contributed by atoms with E-state index < -0.39 is 0 Å². The predicted octanol–water partition coefficient (Wildman–Crippen LogP) is 2.27. The summed E-state index contributed by atoms with van der Waals surface area (Å²) in [5.74, 6) is 6.41. The first kappa shape index (κ1) is 11.5. The lowest BCUT2D eigenvalue weighted by molar-refractivity contribution is 0.668. The van der Waals surface area contributed by atoms with Crippen molar-refractivity contribution in [3.63, 3.8) is 0 Å². The summed E-state index contributed by atoms with van der Waals surface area (Å²) in [6.45, 7) is 2.34. The SMILES string of the molecule is CC#CCNc1nc2c(cc1C#N)CCCC2. The Morgan fingerprint density at radius 3 is 3.00 bits per heavy atom. The molecule has 0 radical (unpaired) electrons. The molecule has 0 spiro atoms. The molecule has 0 saturated carbocycles. The maximum Gasteiger partial charge on any atom is 0.144 e. The number of rotatable bonds is 2. The number of anilines is 1. The third-order valence-corrected chi connectivity index (χ3v) is 2.94. The first-order valence-corrected chi connectivity index (χ1v) is 5.91. The predicted molar refractivity (Wildman–Crippen MR) is 67.5 cm³/mol. The number of aromatic nitrogens is 1. The van der Waals surface area contributed by atoms with Crippen LogP contribution in [0.3, 0.4) is 0 Å². The van der Waals surface area contributed by atoms with Gasteiger partial charge in [0.15, 0.2) is 0 Å². The molecular formula is C14H15N3. The Balaban J connectivity index is 2.29. The number of nitrogens with one attached hydrogen (secondary N) is 1. The molecule has 1 aromatic rings. The van der Waals surface area contributed by atoms with Gasteiger partial charge >= 0.3 is 0 Å². The van der Waals surface area contributed by atoms with Crippen molar-refractivity contribution in [3.8, 4) is 17.9 Å². The maximum atomic E-state index is 9.11. The number of fused-ring (bicyclic) bond motifs is 1. The fourth-order valence-electron chi connectivity index (χ4n) is 2.07. The molecule has 0 unspecified atom stereocenters. The number of nitrogens with zero attached hydrogens (tertiary/aromatic N) is 2. The quantitative estimate of drug-likeness (QED) is 0.785. The highest BCUT2D eigenvalue weighted by Gasteiger charge is 2.14. The molecule has 17 heavy (non-hydrogen) atoms. The van der Waals surface area contributed by atoms with Gasteiger partial charge in [0.05, 0.1) is 12.1 Å². The monoisotopic (exact) mass is 225 g/mol. The first-order valence-electron chi connectivity index (χ1n) is 5.91. The van der Waals surface area contributed by atoms with Crippen molar-refractivity contribution in [1.82, 2.24) is 4.98 Å². The summed E-state index contributed by atoms with van der Waals surface area (Å²) < 4.78 is 0. The van der Waals surface area contributed by atoms with Crippen LogP contribution in [0.5, 0.6) is 0 Å². The standard InChI is InChI=1S/C14H15N3/c1-2-3-8-16-14-12(10-15)9-11-6-4-5-7-13(11)17-14/h9H,4-8H2,1H3,(H,16,17). The number of pyridine rings is 1. The third-order valence-electron chi connectivity index (χ3n) is 2.94. The lowest BCUT2D eigenvalue weighted by Crippen LogP contribution is -2.10. The molecular weight excluding hydrogens is 210 g/mol. The summed E-state index contributed by atoms with van der Waals surface area (Å²) in [5, 5.41) is 12.2. The fourth-order valence-corrected chi connectivity index (χ4v) is 2.07. The van der Waals surface area contributed by atoms with Crippen LogP contribution in [0.4, 0.5) is 5.82 Å². The summed E-state index contributed by atoms with van der Waals surface area (Å²) in [7, 11) is 0. The van der Waals surface area contributed by atoms with Gasteiger partial charge in [-0.1, -0.05) is 5.92 Å². The molecule has 0 amide bonds. The Morgan fingerprint density at radius 2 is 2.24 bits per heavy atom. The van der Waals surface area contributed by atoms with Gasteiger partial charge < -0.3 is 5.32 Å². The topological polar surface area (TPSA) is 48.7 Å². The molecule has 0 fully saturated rings. The van der Waals surface area contributed by atoms with Gasteiger partial charge in [0.1, 0.15) is 11.9 Å². The normalized spacial score (nSPS) is 12.9. The van der Waals surface area contributed by atoms with Crippen molar-refractivity contribution in [2.45, 2.75) is 32.6 Å². The van der Waals surface area contributed by atoms with E-state index in [0.29, 0.717) is 17.9 Å². The van der Waals surface area contributed by atoms with Crippen LogP contribution >= 0.6 is 0 Å². The molecule has 2 rings (SSSR count). The summed E-state index contributed by atoms with van der Waals surface area (Å²) >= 11 is 0. The van der Waals surface area contributed by atoms with Crippen LogP contribution < -0.4 is 5.32 Å². The lowest BCUT2D eigenvalue weighted by atomic mass is 9.95.